The number of nitrogens with zero attached hydrogens (tertiary/aromatic N) is 1. The van der Waals surface area contributed by atoms with E-state index in [1.54, 1.807) is 0 Å². The van der Waals surface area contributed by atoms with E-state index < -0.39 is 0 Å². The van der Waals surface area contributed by atoms with Crippen molar-refractivity contribution >= 4 is 60.5 Å². The maximum atomic E-state index is 6.18. The summed E-state index contributed by atoms with van der Waals surface area (Å²) in [6.07, 6.45) is 0. The van der Waals surface area contributed by atoms with E-state index in [1.807, 2.05) is 12.1 Å². The molecule has 0 bridgehead atoms. The molecule has 9 rings (SSSR count). The van der Waals surface area contributed by atoms with Crippen molar-refractivity contribution in [1.29, 1.82) is 0 Å². The molecule has 0 amide bonds. The maximum Gasteiger partial charge on any atom is 0.135 e. The summed E-state index contributed by atoms with van der Waals surface area (Å²) in [5, 5.41) is 7.23. The zero-order chi connectivity index (χ0) is 30.5. The van der Waals surface area contributed by atoms with E-state index >= 15 is 0 Å². The van der Waals surface area contributed by atoms with Gasteiger partial charge < -0.3 is 9.32 Å². The highest BCUT2D eigenvalue weighted by Gasteiger charge is 2.19. The summed E-state index contributed by atoms with van der Waals surface area (Å²) in [4.78, 5) is 2.34. The zero-order valence-corrected chi connectivity index (χ0v) is 25.1. The largest absolute Gasteiger partial charge is 0.456 e. The summed E-state index contributed by atoms with van der Waals surface area (Å²) in [5.74, 6) is 0. The van der Waals surface area contributed by atoms with Crippen molar-refractivity contribution in [3.05, 3.63) is 176 Å². The number of benzene rings is 8. The van der Waals surface area contributed by atoms with Crippen LogP contribution in [0, 0.1) is 0 Å². The predicted molar refractivity (Wildman–Crippen MR) is 194 cm³/mol. The number of rotatable bonds is 5. The third kappa shape index (κ3) is 4.27. The van der Waals surface area contributed by atoms with Gasteiger partial charge in [-0.25, -0.2) is 0 Å². The molecular formula is C44H29NO. The van der Waals surface area contributed by atoms with E-state index in [1.165, 1.54) is 43.8 Å². The molecule has 1 heterocycles. The van der Waals surface area contributed by atoms with Gasteiger partial charge in [0.2, 0.25) is 0 Å². The Morgan fingerprint density at radius 2 is 0.783 bits per heavy atom. The second-order valence-corrected chi connectivity index (χ2v) is 11.7. The molecule has 1 aromatic heterocycles. The second kappa shape index (κ2) is 10.8. The highest BCUT2D eigenvalue weighted by Crippen LogP contribution is 2.45. The van der Waals surface area contributed by atoms with Gasteiger partial charge in [0.15, 0.2) is 0 Å². The van der Waals surface area contributed by atoms with Crippen LogP contribution in [0.2, 0.25) is 0 Å². The first-order chi connectivity index (χ1) is 22.8. The van der Waals surface area contributed by atoms with Gasteiger partial charge in [-0.3, -0.25) is 0 Å². The molecule has 0 aliphatic carbocycles. The first kappa shape index (κ1) is 26.3. The lowest BCUT2D eigenvalue weighted by atomic mass is 9.86. The van der Waals surface area contributed by atoms with Crippen LogP contribution in [0.4, 0.5) is 17.1 Å². The molecule has 0 aliphatic heterocycles. The molecule has 0 atom stereocenters. The Kier molecular flexibility index (Phi) is 6.17. The number of hydrogen-bond acceptors (Lipinski definition) is 2. The summed E-state index contributed by atoms with van der Waals surface area (Å²) in [6, 6.07) is 62.7. The smallest absolute Gasteiger partial charge is 0.135 e. The quantitative estimate of drug-likeness (QED) is 0.186. The van der Waals surface area contributed by atoms with Crippen LogP contribution < -0.4 is 4.90 Å². The van der Waals surface area contributed by atoms with E-state index in [0.717, 1.165) is 39.0 Å². The minimum Gasteiger partial charge on any atom is -0.456 e. The lowest BCUT2D eigenvalue weighted by molar-refractivity contribution is 0.669. The molecule has 46 heavy (non-hydrogen) atoms. The van der Waals surface area contributed by atoms with E-state index in [2.05, 4.69) is 169 Å². The monoisotopic (exact) mass is 587 g/mol. The first-order valence-corrected chi connectivity index (χ1v) is 15.7. The van der Waals surface area contributed by atoms with Crippen LogP contribution in [-0.2, 0) is 0 Å². The average molecular weight is 588 g/mol. The molecule has 0 radical (unpaired) electrons. The van der Waals surface area contributed by atoms with Crippen molar-refractivity contribution in [3.8, 4) is 22.3 Å². The Morgan fingerprint density at radius 3 is 1.46 bits per heavy atom. The van der Waals surface area contributed by atoms with Crippen molar-refractivity contribution in [1.82, 2.24) is 0 Å². The van der Waals surface area contributed by atoms with Crippen LogP contribution >= 0.6 is 0 Å². The van der Waals surface area contributed by atoms with Crippen LogP contribution in [0.25, 0.3) is 65.7 Å². The summed E-state index contributed by atoms with van der Waals surface area (Å²) in [7, 11) is 0. The van der Waals surface area contributed by atoms with Gasteiger partial charge in [-0.1, -0.05) is 127 Å². The Bertz CT molecular complexity index is 2470. The van der Waals surface area contributed by atoms with E-state index in [-0.39, 0.29) is 0 Å². The zero-order valence-electron chi connectivity index (χ0n) is 25.1. The highest BCUT2D eigenvalue weighted by atomic mass is 16.3. The molecule has 8 aromatic carbocycles. The van der Waals surface area contributed by atoms with E-state index in [9.17, 15) is 0 Å². The molecule has 2 nitrogen and oxygen atoms in total. The highest BCUT2D eigenvalue weighted by molar-refractivity contribution is 6.21. The second-order valence-electron chi connectivity index (χ2n) is 11.7. The SMILES string of the molecule is c1ccc(-c2c3ccccc3c(-c3cccc(N(c4ccccc4)c4ccc5oc6ccccc6c5c4)c3)c3ccccc23)cc1. The predicted octanol–water partition coefficient (Wildman–Crippen LogP) is 12.7. The Hall–Kier alpha value is -6.12. The fourth-order valence-corrected chi connectivity index (χ4v) is 7.03. The molecule has 0 fully saturated rings. The van der Waals surface area contributed by atoms with Crippen LogP contribution in [0.5, 0.6) is 0 Å². The molecule has 0 spiro atoms. The Morgan fingerprint density at radius 1 is 0.304 bits per heavy atom. The fourth-order valence-electron chi connectivity index (χ4n) is 7.03. The molecule has 216 valence electrons. The molecule has 0 aliphatic rings. The van der Waals surface area contributed by atoms with Crippen LogP contribution in [0.15, 0.2) is 180 Å². The summed E-state index contributed by atoms with van der Waals surface area (Å²) >= 11 is 0. The number of hydrogen-bond donors (Lipinski definition) is 0. The molecule has 0 saturated carbocycles. The van der Waals surface area contributed by atoms with Crippen molar-refractivity contribution in [3.63, 3.8) is 0 Å². The van der Waals surface area contributed by atoms with Crippen LogP contribution in [0.1, 0.15) is 0 Å². The average Bonchev–Trinajstić information content (AvgIpc) is 3.50. The lowest BCUT2D eigenvalue weighted by Crippen LogP contribution is -2.09. The maximum absolute atomic E-state index is 6.18. The van der Waals surface area contributed by atoms with Gasteiger partial charge in [-0.2, -0.15) is 0 Å². The van der Waals surface area contributed by atoms with Gasteiger partial charge in [-0.05, 0) is 92.3 Å². The van der Waals surface area contributed by atoms with E-state index in [4.69, 9.17) is 4.42 Å². The van der Waals surface area contributed by atoms with Gasteiger partial charge in [0.25, 0.3) is 0 Å². The summed E-state index contributed by atoms with van der Waals surface area (Å²) < 4.78 is 6.18. The normalized spacial score (nSPS) is 11.5. The van der Waals surface area contributed by atoms with Crippen molar-refractivity contribution in [2.45, 2.75) is 0 Å². The standard InChI is InChI=1S/C44H29NO/c1-3-14-30(15-4-1)43-36-21-7-9-23-38(36)44(39-24-10-8-22-37(39)43)31-16-13-19-33(28-31)45(32-17-5-2-6-18-32)34-26-27-42-40(29-34)35-20-11-12-25-41(35)46-42/h1-29H. The summed E-state index contributed by atoms with van der Waals surface area (Å²) in [5.41, 5.74) is 10.0. The fraction of sp³-hybridized carbons (Fsp3) is 0. The third-order valence-electron chi connectivity index (χ3n) is 9.02. The first-order valence-electron chi connectivity index (χ1n) is 15.7. The molecule has 0 N–H and O–H groups in total. The lowest BCUT2D eigenvalue weighted by Gasteiger charge is -2.26. The van der Waals surface area contributed by atoms with Gasteiger partial charge in [0.05, 0.1) is 0 Å². The molecular weight excluding hydrogens is 558 g/mol. The minimum atomic E-state index is 0.892. The number of para-hydroxylation sites is 2. The van der Waals surface area contributed by atoms with Crippen molar-refractivity contribution in [2.24, 2.45) is 0 Å². The summed E-state index contributed by atoms with van der Waals surface area (Å²) in [6.45, 7) is 0. The molecule has 2 heteroatoms. The Balaban J connectivity index is 1.29. The van der Waals surface area contributed by atoms with Crippen LogP contribution in [-0.4, -0.2) is 0 Å². The molecule has 0 unspecified atom stereocenters. The number of fused-ring (bicyclic) bond motifs is 5. The van der Waals surface area contributed by atoms with Crippen LogP contribution in [0.3, 0.4) is 0 Å². The van der Waals surface area contributed by atoms with Gasteiger partial charge in [0.1, 0.15) is 11.2 Å². The number of furan rings is 1. The number of anilines is 3. The third-order valence-corrected chi connectivity index (χ3v) is 9.02. The van der Waals surface area contributed by atoms with E-state index in [0.29, 0.717) is 0 Å². The minimum absolute atomic E-state index is 0.892. The van der Waals surface area contributed by atoms with Gasteiger partial charge in [-0.15, -0.1) is 0 Å². The van der Waals surface area contributed by atoms with Gasteiger partial charge in [0, 0.05) is 27.8 Å². The molecule has 9 aromatic rings. The molecule has 0 saturated heterocycles. The van der Waals surface area contributed by atoms with Gasteiger partial charge >= 0.3 is 0 Å². The van der Waals surface area contributed by atoms with Crippen molar-refractivity contribution in [2.75, 3.05) is 4.90 Å². The van der Waals surface area contributed by atoms with Crippen molar-refractivity contribution < 1.29 is 4.42 Å². The Labute approximate surface area is 267 Å². The topological polar surface area (TPSA) is 16.4 Å².